The highest BCUT2D eigenvalue weighted by Crippen LogP contribution is 2.25. The summed E-state index contributed by atoms with van der Waals surface area (Å²) in [5, 5.41) is 10.2. The van der Waals surface area contributed by atoms with E-state index in [4.69, 9.17) is 16.0 Å². The van der Waals surface area contributed by atoms with Gasteiger partial charge in [-0.05, 0) is 18.2 Å². The summed E-state index contributed by atoms with van der Waals surface area (Å²) >= 11 is 5.88. The topological polar surface area (TPSA) is 50.4 Å². The van der Waals surface area contributed by atoms with Crippen molar-refractivity contribution in [2.75, 3.05) is 0 Å². The number of ketones is 1. The molecular formula is C12H9ClO3. The highest BCUT2D eigenvalue weighted by atomic mass is 35.5. The third kappa shape index (κ3) is 2.01. The number of aliphatic hydroxyl groups excluding tert-OH is 1. The van der Waals surface area contributed by atoms with Crippen molar-refractivity contribution < 1.29 is 14.3 Å². The second-order valence-electron chi connectivity index (χ2n) is 3.27. The Kier molecular flexibility index (Phi) is 3.08. The minimum Gasteiger partial charge on any atom is -0.461 e. The number of aliphatic hydroxyl groups is 1. The molecule has 2 rings (SSSR count). The van der Waals surface area contributed by atoms with E-state index in [-0.39, 0.29) is 5.76 Å². The van der Waals surface area contributed by atoms with Crippen LogP contribution in [0.1, 0.15) is 22.2 Å². The molecule has 0 aliphatic carbocycles. The smallest absolute Gasteiger partial charge is 0.230 e. The van der Waals surface area contributed by atoms with Crippen LogP contribution in [0.5, 0.6) is 0 Å². The lowest BCUT2D eigenvalue weighted by atomic mass is 10.0. The molecular weight excluding hydrogens is 228 g/mol. The molecule has 3 nitrogen and oxygen atoms in total. The maximum atomic E-state index is 11.8. The Bertz CT molecular complexity index is 491. The van der Waals surface area contributed by atoms with Crippen LogP contribution in [-0.4, -0.2) is 10.9 Å². The normalized spacial score (nSPS) is 12.4. The average molecular weight is 237 g/mol. The van der Waals surface area contributed by atoms with E-state index in [1.54, 1.807) is 30.3 Å². The first-order valence-corrected chi connectivity index (χ1v) is 5.08. The number of furan rings is 1. The first-order valence-electron chi connectivity index (χ1n) is 4.70. The largest absolute Gasteiger partial charge is 0.461 e. The zero-order valence-corrected chi connectivity index (χ0v) is 9.02. The van der Waals surface area contributed by atoms with E-state index in [9.17, 15) is 9.90 Å². The van der Waals surface area contributed by atoms with Crippen LogP contribution in [-0.2, 0) is 0 Å². The summed E-state index contributed by atoms with van der Waals surface area (Å²) in [7, 11) is 0. The molecule has 0 aliphatic rings. The number of benzene rings is 1. The van der Waals surface area contributed by atoms with E-state index in [0.29, 0.717) is 10.6 Å². The van der Waals surface area contributed by atoms with Gasteiger partial charge in [-0.15, -0.1) is 0 Å². The van der Waals surface area contributed by atoms with Gasteiger partial charge in [0, 0.05) is 10.6 Å². The number of hydrogen-bond donors (Lipinski definition) is 1. The molecule has 0 fully saturated rings. The van der Waals surface area contributed by atoms with Crippen molar-refractivity contribution in [1.82, 2.24) is 0 Å². The number of Topliss-reactive ketones (excluding diaryl/α,β-unsaturated/α-hetero) is 1. The van der Waals surface area contributed by atoms with Crippen molar-refractivity contribution in [2.24, 2.45) is 0 Å². The van der Waals surface area contributed by atoms with Gasteiger partial charge in [0.25, 0.3) is 0 Å². The van der Waals surface area contributed by atoms with Gasteiger partial charge >= 0.3 is 0 Å². The monoisotopic (exact) mass is 236 g/mol. The zero-order valence-electron chi connectivity index (χ0n) is 8.26. The molecule has 0 spiro atoms. The Morgan fingerprint density at radius 2 is 2.00 bits per heavy atom. The molecule has 0 amide bonds. The van der Waals surface area contributed by atoms with Crippen molar-refractivity contribution >= 4 is 17.4 Å². The van der Waals surface area contributed by atoms with Crippen molar-refractivity contribution in [3.8, 4) is 0 Å². The highest BCUT2D eigenvalue weighted by Gasteiger charge is 2.23. The van der Waals surface area contributed by atoms with Gasteiger partial charge < -0.3 is 9.52 Å². The summed E-state index contributed by atoms with van der Waals surface area (Å²) in [6.45, 7) is 0. The van der Waals surface area contributed by atoms with Crippen molar-refractivity contribution in [3.05, 3.63) is 59.0 Å². The Balaban J connectivity index is 2.30. The minimum absolute atomic E-state index is 0.118. The van der Waals surface area contributed by atoms with Gasteiger partial charge in [0.1, 0.15) is 6.10 Å². The number of carbonyl (C=O) groups excluding carboxylic acids is 1. The van der Waals surface area contributed by atoms with Gasteiger partial charge in [-0.2, -0.15) is 0 Å². The number of hydrogen-bond acceptors (Lipinski definition) is 3. The number of halogens is 1. The predicted molar refractivity (Wildman–Crippen MR) is 59.5 cm³/mol. The Morgan fingerprint density at radius 1 is 1.25 bits per heavy atom. The predicted octanol–water partition coefficient (Wildman–Crippen LogP) is 2.85. The molecule has 0 aliphatic heterocycles. The number of carbonyl (C=O) groups is 1. The van der Waals surface area contributed by atoms with Crippen LogP contribution >= 0.6 is 11.6 Å². The molecule has 1 heterocycles. The maximum absolute atomic E-state index is 11.8. The second-order valence-corrected chi connectivity index (χ2v) is 3.67. The van der Waals surface area contributed by atoms with Crippen LogP contribution < -0.4 is 0 Å². The van der Waals surface area contributed by atoms with E-state index in [1.807, 2.05) is 0 Å². The average Bonchev–Trinajstić information content (AvgIpc) is 2.81. The van der Waals surface area contributed by atoms with Gasteiger partial charge in [-0.25, -0.2) is 0 Å². The summed E-state index contributed by atoms with van der Waals surface area (Å²) in [6, 6.07) is 9.76. The summed E-state index contributed by atoms with van der Waals surface area (Å²) in [4.78, 5) is 11.8. The standard InChI is InChI=1S/C12H9ClO3/c13-9-5-2-1-4-8(9)11(14)12(15)10-6-3-7-16-10/h1-7,11,14H/t11-/m1/s1. The van der Waals surface area contributed by atoms with E-state index < -0.39 is 11.9 Å². The molecule has 4 heteroatoms. The minimum atomic E-state index is -1.29. The van der Waals surface area contributed by atoms with Crippen LogP contribution in [0.3, 0.4) is 0 Å². The van der Waals surface area contributed by atoms with Crippen LogP contribution in [0, 0.1) is 0 Å². The third-order valence-corrected chi connectivity index (χ3v) is 2.56. The van der Waals surface area contributed by atoms with E-state index in [1.165, 1.54) is 12.3 Å². The van der Waals surface area contributed by atoms with Gasteiger partial charge in [0.05, 0.1) is 6.26 Å². The molecule has 1 aromatic carbocycles. The van der Waals surface area contributed by atoms with Crippen LogP contribution in [0.25, 0.3) is 0 Å². The first-order chi connectivity index (χ1) is 7.70. The maximum Gasteiger partial charge on any atom is 0.230 e. The van der Waals surface area contributed by atoms with Gasteiger partial charge in [0.15, 0.2) is 5.76 Å². The molecule has 2 aromatic rings. The van der Waals surface area contributed by atoms with Crippen molar-refractivity contribution in [3.63, 3.8) is 0 Å². The van der Waals surface area contributed by atoms with Crippen LogP contribution in [0.15, 0.2) is 47.1 Å². The Labute approximate surface area is 97.3 Å². The van der Waals surface area contributed by atoms with Crippen LogP contribution in [0.4, 0.5) is 0 Å². The second kappa shape index (κ2) is 4.51. The van der Waals surface area contributed by atoms with Crippen molar-refractivity contribution in [1.29, 1.82) is 0 Å². The molecule has 0 saturated carbocycles. The molecule has 0 radical (unpaired) electrons. The lowest BCUT2D eigenvalue weighted by Crippen LogP contribution is -2.11. The fourth-order valence-electron chi connectivity index (χ4n) is 1.39. The van der Waals surface area contributed by atoms with Gasteiger partial charge in [0.2, 0.25) is 5.78 Å². The molecule has 16 heavy (non-hydrogen) atoms. The molecule has 82 valence electrons. The molecule has 1 aromatic heterocycles. The van der Waals surface area contributed by atoms with Gasteiger partial charge in [-0.3, -0.25) is 4.79 Å². The molecule has 0 unspecified atom stereocenters. The van der Waals surface area contributed by atoms with Crippen LogP contribution in [0.2, 0.25) is 5.02 Å². The zero-order chi connectivity index (χ0) is 11.5. The molecule has 0 bridgehead atoms. The molecule has 1 N–H and O–H groups in total. The highest BCUT2D eigenvalue weighted by molar-refractivity contribution is 6.31. The SMILES string of the molecule is O=C(c1ccco1)[C@H](O)c1ccccc1Cl. The summed E-state index contributed by atoms with van der Waals surface area (Å²) < 4.78 is 4.93. The van der Waals surface area contributed by atoms with E-state index in [0.717, 1.165) is 0 Å². The fourth-order valence-corrected chi connectivity index (χ4v) is 1.63. The summed E-state index contributed by atoms with van der Waals surface area (Å²) in [5.41, 5.74) is 0.380. The van der Waals surface area contributed by atoms with E-state index in [2.05, 4.69) is 0 Å². The van der Waals surface area contributed by atoms with Gasteiger partial charge in [-0.1, -0.05) is 29.8 Å². The van der Waals surface area contributed by atoms with Crippen molar-refractivity contribution in [2.45, 2.75) is 6.10 Å². The quantitative estimate of drug-likeness (QED) is 0.834. The fraction of sp³-hybridized carbons (Fsp3) is 0.0833. The lowest BCUT2D eigenvalue weighted by molar-refractivity contribution is 0.0718. The number of rotatable bonds is 3. The Morgan fingerprint density at radius 3 is 2.62 bits per heavy atom. The summed E-state index contributed by atoms with van der Waals surface area (Å²) in [5.74, 6) is -0.384. The third-order valence-electron chi connectivity index (χ3n) is 2.21. The Hall–Kier alpha value is -1.58. The van der Waals surface area contributed by atoms with E-state index >= 15 is 0 Å². The first kappa shape index (κ1) is 10.9. The molecule has 1 atom stereocenters. The lowest BCUT2D eigenvalue weighted by Gasteiger charge is -2.09. The molecule has 0 saturated heterocycles. The summed E-state index contributed by atoms with van der Waals surface area (Å²) in [6.07, 6.45) is 0.0897.